The zero-order valence-corrected chi connectivity index (χ0v) is 15.0. The number of anilines is 1. The van der Waals surface area contributed by atoms with Crippen LogP contribution in [-0.2, 0) is 18.3 Å². The molecule has 2 aliphatic rings. The lowest BCUT2D eigenvalue weighted by atomic mass is 9.80. The van der Waals surface area contributed by atoms with E-state index in [2.05, 4.69) is 37.4 Å². The average molecular weight is 341 g/mol. The van der Waals surface area contributed by atoms with Crippen LogP contribution < -0.4 is 4.90 Å². The molecule has 0 amide bonds. The summed E-state index contributed by atoms with van der Waals surface area (Å²) < 4.78 is 8.16. The molecule has 25 heavy (non-hydrogen) atoms. The summed E-state index contributed by atoms with van der Waals surface area (Å²) in [4.78, 5) is 13.6. The molecule has 1 unspecified atom stereocenters. The van der Waals surface area contributed by atoms with Crippen LogP contribution in [0.5, 0.6) is 0 Å². The fraction of sp³-hybridized carbons (Fsp3) is 0.579. The predicted octanol–water partition coefficient (Wildman–Crippen LogP) is 1.93. The molecule has 2 aromatic heterocycles. The smallest absolute Gasteiger partial charge is 0.0945 e. The van der Waals surface area contributed by atoms with E-state index in [0.29, 0.717) is 0 Å². The number of rotatable bonds is 3. The molecule has 2 fully saturated rings. The van der Waals surface area contributed by atoms with E-state index >= 15 is 0 Å². The number of piperidine rings is 1. The fourth-order valence-corrected chi connectivity index (χ4v) is 4.21. The van der Waals surface area contributed by atoms with Crippen molar-refractivity contribution in [3.8, 4) is 0 Å². The van der Waals surface area contributed by atoms with E-state index in [1.165, 1.54) is 24.2 Å². The predicted molar refractivity (Wildman–Crippen MR) is 97.4 cm³/mol. The van der Waals surface area contributed by atoms with E-state index in [4.69, 9.17) is 4.74 Å². The molecule has 0 radical (unpaired) electrons. The minimum atomic E-state index is 0.198. The van der Waals surface area contributed by atoms with Crippen molar-refractivity contribution in [1.82, 2.24) is 19.4 Å². The van der Waals surface area contributed by atoms with Crippen LogP contribution in [0.4, 0.5) is 5.69 Å². The van der Waals surface area contributed by atoms with Crippen molar-refractivity contribution in [3.63, 3.8) is 0 Å². The summed E-state index contributed by atoms with van der Waals surface area (Å²) >= 11 is 0. The van der Waals surface area contributed by atoms with Gasteiger partial charge in [0.05, 0.1) is 37.1 Å². The Morgan fingerprint density at radius 1 is 1.20 bits per heavy atom. The maximum Gasteiger partial charge on any atom is 0.0945 e. The number of hydrogen-bond donors (Lipinski definition) is 0. The highest BCUT2D eigenvalue weighted by Gasteiger charge is 2.39. The van der Waals surface area contributed by atoms with E-state index in [-0.39, 0.29) is 5.41 Å². The summed E-state index contributed by atoms with van der Waals surface area (Å²) in [5.41, 5.74) is 2.68. The molecule has 2 saturated heterocycles. The Labute approximate surface area is 149 Å². The van der Waals surface area contributed by atoms with Gasteiger partial charge < -0.3 is 14.2 Å². The van der Waals surface area contributed by atoms with Crippen molar-refractivity contribution >= 4 is 5.69 Å². The van der Waals surface area contributed by atoms with Gasteiger partial charge in [-0.1, -0.05) is 0 Å². The lowest BCUT2D eigenvalue weighted by molar-refractivity contribution is 0.0101. The van der Waals surface area contributed by atoms with Crippen LogP contribution in [0.25, 0.3) is 0 Å². The van der Waals surface area contributed by atoms with Gasteiger partial charge in [-0.25, -0.2) is 4.98 Å². The van der Waals surface area contributed by atoms with Crippen LogP contribution in [0.3, 0.4) is 0 Å². The monoisotopic (exact) mass is 341 g/mol. The molecule has 0 saturated carbocycles. The third-order valence-corrected chi connectivity index (χ3v) is 5.49. The second kappa shape index (κ2) is 7.14. The second-order valence-corrected chi connectivity index (χ2v) is 7.50. The molecule has 0 aromatic carbocycles. The lowest BCUT2D eigenvalue weighted by Crippen LogP contribution is -2.50. The van der Waals surface area contributed by atoms with E-state index < -0.39 is 0 Å². The van der Waals surface area contributed by atoms with Crippen molar-refractivity contribution in [2.45, 2.75) is 19.4 Å². The first kappa shape index (κ1) is 16.5. The molecule has 1 atom stereocenters. The molecule has 6 nitrogen and oxygen atoms in total. The topological polar surface area (TPSA) is 46.4 Å². The molecule has 1 spiro atoms. The van der Waals surface area contributed by atoms with Gasteiger partial charge in [0.1, 0.15) is 0 Å². The summed E-state index contributed by atoms with van der Waals surface area (Å²) in [5.74, 6) is 0. The van der Waals surface area contributed by atoms with Gasteiger partial charge in [0, 0.05) is 51.0 Å². The molecule has 0 N–H and O–H groups in total. The first-order valence-corrected chi connectivity index (χ1v) is 9.14. The third kappa shape index (κ3) is 3.70. The van der Waals surface area contributed by atoms with E-state index in [1.807, 2.05) is 31.0 Å². The largest absolute Gasteiger partial charge is 0.379 e. The highest BCUT2D eigenvalue weighted by molar-refractivity contribution is 5.44. The highest BCUT2D eigenvalue weighted by Crippen LogP contribution is 2.34. The van der Waals surface area contributed by atoms with Crippen LogP contribution in [-0.4, -0.2) is 58.8 Å². The van der Waals surface area contributed by atoms with Crippen LogP contribution in [0.15, 0.2) is 37.1 Å². The van der Waals surface area contributed by atoms with Gasteiger partial charge in [0.2, 0.25) is 0 Å². The average Bonchev–Trinajstić information content (AvgIpc) is 2.92. The fourth-order valence-electron chi connectivity index (χ4n) is 4.21. The number of nitrogens with zero attached hydrogens (tertiary/aromatic N) is 5. The number of ether oxygens (including phenoxy) is 1. The maximum atomic E-state index is 6.04. The number of imidazole rings is 1. The molecule has 2 aliphatic heterocycles. The number of likely N-dealkylation sites (tertiary alicyclic amines) is 1. The molecule has 0 aliphatic carbocycles. The Bertz CT molecular complexity index is 688. The minimum absolute atomic E-state index is 0.198. The van der Waals surface area contributed by atoms with Gasteiger partial charge in [0.15, 0.2) is 0 Å². The minimum Gasteiger partial charge on any atom is -0.379 e. The molecular weight excluding hydrogens is 314 g/mol. The van der Waals surface area contributed by atoms with Gasteiger partial charge in [-0.3, -0.25) is 9.88 Å². The molecular formula is C19H27N5O. The van der Waals surface area contributed by atoms with E-state index in [0.717, 1.165) is 45.9 Å². The van der Waals surface area contributed by atoms with Crippen LogP contribution in [0.2, 0.25) is 0 Å². The van der Waals surface area contributed by atoms with Crippen LogP contribution in [0, 0.1) is 5.41 Å². The Hall–Kier alpha value is -1.92. The van der Waals surface area contributed by atoms with Crippen molar-refractivity contribution in [1.29, 1.82) is 0 Å². The first-order valence-electron chi connectivity index (χ1n) is 9.14. The Morgan fingerprint density at radius 2 is 2.16 bits per heavy atom. The van der Waals surface area contributed by atoms with Gasteiger partial charge in [0.25, 0.3) is 0 Å². The Morgan fingerprint density at radius 3 is 2.96 bits per heavy atom. The standard InChI is InChI=1S/C19H27N5O/c1-22-16-21-11-18(22)12-23-7-3-5-19(13-23)14-24(8-9-25-15-19)17-4-2-6-20-10-17/h2,4,6,10-11,16H,3,5,7-9,12-15H2,1H3. The normalized spacial score (nSPS) is 25.2. The number of hydrogen-bond acceptors (Lipinski definition) is 5. The summed E-state index contributed by atoms with van der Waals surface area (Å²) in [6.45, 7) is 6.82. The van der Waals surface area contributed by atoms with E-state index in [9.17, 15) is 0 Å². The summed E-state index contributed by atoms with van der Waals surface area (Å²) in [6, 6.07) is 4.17. The van der Waals surface area contributed by atoms with Crippen molar-refractivity contribution < 1.29 is 4.74 Å². The van der Waals surface area contributed by atoms with Gasteiger partial charge in [-0.05, 0) is 31.5 Å². The molecule has 4 rings (SSSR count). The summed E-state index contributed by atoms with van der Waals surface area (Å²) in [7, 11) is 2.07. The van der Waals surface area contributed by atoms with Gasteiger partial charge in [-0.15, -0.1) is 0 Å². The molecule has 2 aromatic rings. The van der Waals surface area contributed by atoms with Crippen molar-refractivity contribution in [2.24, 2.45) is 12.5 Å². The molecule has 134 valence electrons. The first-order chi connectivity index (χ1) is 12.2. The summed E-state index contributed by atoms with van der Waals surface area (Å²) in [5, 5.41) is 0. The number of aryl methyl sites for hydroxylation is 1. The van der Waals surface area contributed by atoms with Crippen LogP contribution in [0.1, 0.15) is 18.5 Å². The van der Waals surface area contributed by atoms with Crippen molar-refractivity contribution in [3.05, 3.63) is 42.7 Å². The number of pyridine rings is 1. The highest BCUT2D eigenvalue weighted by atomic mass is 16.5. The zero-order chi connectivity index (χ0) is 17.1. The number of aromatic nitrogens is 3. The molecule has 0 bridgehead atoms. The van der Waals surface area contributed by atoms with Gasteiger partial charge in [-0.2, -0.15) is 0 Å². The SMILES string of the molecule is Cn1cncc1CN1CCCC2(COCCN(c3cccnc3)C2)C1. The lowest BCUT2D eigenvalue weighted by Gasteiger charge is -2.44. The second-order valence-electron chi connectivity index (χ2n) is 7.50. The van der Waals surface area contributed by atoms with Crippen LogP contribution >= 0.6 is 0 Å². The Kier molecular flexibility index (Phi) is 4.72. The molecule has 4 heterocycles. The quantitative estimate of drug-likeness (QED) is 0.854. The van der Waals surface area contributed by atoms with Gasteiger partial charge >= 0.3 is 0 Å². The third-order valence-electron chi connectivity index (χ3n) is 5.49. The van der Waals surface area contributed by atoms with E-state index in [1.54, 1.807) is 0 Å². The zero-order valence-electron chi connectivity index (χ0n) is 15.0. The summed E-state index contributed by atoms with van der Waals surface area (Å²) in [6.07, 6.45) is 10.1. The maximum absolute atomic E-state index is 6.04. The van der Waals surface area contributed by atoms with Crippen molar-refractivity contribution in [2.75, 3.05) is 44.3 Å². The Balaban J connectivity index is 1.49. The molecule has 6 heteroatoms.